The SMILES string of the molecule is CC(C)(C)[C@H](c1cc(-c2cc(F)ccc2F)cn1Cc1ccccc1)N(CC[C@H](NC(=O)OCC[Si](C)(C)C)C(=O)NCCN)C(=O)CO. The first-order valence-corrected chi connectivity index (χ1v) is 20.3. The van der Waals surface area contributed by atoms with Gasteiger partial charge in [-0.15, -0.1) is 0 Å². The van der Waals surface area contributed by atoms with E-state index in [0.29, 0.717) is 17.8 Å². The number of rotatable bonds is 16. The molecule has 5 N–H and O–H groups in total. The van der Waals surface area contributed by atoms with E-state index < -0.39 is 61.7 Å². The molecule has 1 heterocycles. The summed E-state index contributed by atoms with van der Waals surface area (Å²) >= 11 is 0. The van der Waals surface area contributed by atoms with Gasteiger partial charge in [-0.25, -0.2) is 13.6 Å². The zero-order chi connectivity index (χ0) is 36.4. The van der Waals surface area contributed by atoms with Crippen LogP contribution in [0.25, 0.3) is 11.1 Å². The third kappa shape index (κ3) is 11.8. The fourth-order valence-corrected chi connectivity index (χ4v) is 6.30. The molecule has 49 heavy (non-hydrogen) atoms. The molecule has 0 aliphatic rings. The number of carbonyl (C=O) groups excluding carboxylic acids is 3. The van der Waals surface area contributed by atoms with E-state index in [9.17, 15) is 23.9 Å². The summed E-state index contributed by atoms with van der Waals surface area (Å²) in [4.78, 5) is 41.0. The summed E-state index contributed by atoms with van der Waals surface area (Å²) in [7, 11) is -1.48. The Hall–Kier alpha value is -4.07. The van der Waals surface area contributed by atoms with Crippen molar-refractivity contribution in [2.75, 3.05) is 32.8 Å². The quantitative estimate of drug-likeness (QED) is 0.150. The van der Waals surface area contributed by atoms with Gasteiger partial charge in [-0.3, -0.25) is 9.59 Å². The highest BCUT2D eigenvalue weighted by Crippen LogP contribution is 2.41. The molecule has 0 spiro atoms. The number of hydrogen-bond acceptors (Lipinski definition) is 6. The molecule has 3 amide bonds. The van der Waals surface area contributed by atoms with E-state index in [-0.39, 0.29) is 38.2 Å². The third-order valence-electron chi connectivity index (χ3n) is 8.03. The minimum Gasteiger partial charge on any atom is -0.450 e. The van der Waals surface area contributed by atoms with Gasteiger partial charge in [-0.1, -0.05) is 70.7 Å². The molecule has 0 unspecified atom stereocenters. The lowest BCUT2D eigenvalue weighted by atomic mass is 9.82. The Labute approximate surface area is 289 Å². The van der Waals surface area contributed by atoms with Crippen LogP contribution in [-0.2, 0) is 20.9 Å². The van der Waals surface area contributed by atoms with Gasteiger partial charge in [0.25, 0.3) is 0 Å². The predicted molar refractivity (Wildman–Crippen MR) is 189 cm³/mol. The van der Waals surface area contributed by atoms with Crippen molar-refractivity contribution in [2.45, 2.75) is 71.5 Å². The number of nitrogens with two attached hydrogens (primary N) is 1. The minimum absolute atomic E-state index is 0.0113. The number of benzene rings is 2. The standard InChI is InChI=1S/C36H51F2N5O5Si/c1-36(2,3)33(31-20-26(28-21-27(37)12-13-29(28)38)23-42(31)22-25-10-8-7-9-11-25)43(32(45)24-44)17-14-30(34(46)40-16-15-39)41-35(47)48-18-19-49(4,5)6/h7-13,20-21,23,30,33,44H,14-19,22,24,39H2,1-6H3,(H,40,46)(H,41,47)/t30-,33-/m0/s1. The van der Waals surface area contributed by atoms with Crippen LogP contribution in [0.5, 0.6) is 0 Å². The first-order chi connectivity index (χ1) is 23.0. The molecule has 3 aromatic rings. The molecule has 0 saturated carbocycles. The van der Waals surface area contributed by atoms with Crippen molar-refractivity contribution in [3.05, 3.63) is 83.7 Å². The Kier molecular flexibility index (Phi) is 14.1. The van der Waals surface area contributed by atoms with Crippen molar-refractivity contribution in [2.24, 2.45) is 11.1 Å². The van der Waals surface area contributed by atoms with E-state index >= 15 is 4.39 Å². The normalized spacial score (nSPS) is 13.0. The molecule has 2 atom stereocenters. The first-order valence-electron chi connectivity index (χ1n) is 16.5. The third-order valence-corrected chi connectivity index (χ3v) is 9.73. The number of amides is 3. The second-order valence-corrected chi connectivity index (χ2v) is 20.0. The summed E-state index contributed by atoms with van der Waals surface area (Å²) in [5.74, 6) is -2.30. The van der Waals surface area contributed by atoms with Gasteiger partial charge in [-0.05, 0) is 47.7 Å². The van der Waals surface area contributed by atoms with Gasteiger partial charge in [0.2, 0.25) is 11.8 Å². The van der Waals surface area contributed by atoms with Crippen LogP contribution in [0.3, 0.4) is 0 Å². The number of nitrogens with zero attached hydrogens (tertiary/aromatic N) is 2. The van der Waals surface area contributed by atoms with Gasteiger partial charge in [0, 0.05) is 57.3 Å². The van der Waals surface area contributed by atoms with Gasteiger partial charge in [0.15, 0.2) is 0 Å². The van der Waals surface area contributed by atoms with Gasteiger partial charge in [0.1, 0.15) is 24.3 Å². The lowest BCUT2D eigenvalue weighted by Crippen LogP contribution is -2.51. The number of aromatic nitrogens is 1. The topological polar surface area (TPSA) is 139 Å². The molecule has 1 aromatic heterocycles. The van der Waals surface area contributed by atoms with E-state index in [1.807, 2.05) is 55.7 Å². The summed E-state index contributed by atoms with van der Waals surface area (Å²) in [6.45, 7) is 12.3. The monoisotopic (exact) mass is 699 g/mol. The van der Waals surface area contributed by atoms with Crippen LogP contribution < -0.4 is 16.4 Å². The second-order valence-electron chi connectivity index (χ2n) is 14.4. The number of hydrogen-bond donors (Lipinski definition) is 4. The summed E-state index contributed by atoms with van der Waals surface area (Å²) < 4.78 is 36.6. The maximum Gasteiger partial charge on any atom is 0.407 e. The number of halogens is 2. The van der Waals surface area contributed by atoms with E-state index in [4.69, 9.17) is 10.5 Å². The highest BCUT2D eigenvalue weighted by molar-refractivity contribution is 6.76. The zero-order valence-electron chi connectivity index (χ0n) is 29.4. The Morgan fingerprint density at radius 1 is 1.06 bits per heavy atom. The van der Waals surface area contributed by atoms with Crippen LogP contribution >= 0.6 is 0 Å². The molecule has 0 aliphatic heterocycles. The molecule has 13 heteroatoms. The fourth-order valence-electron chi connectivity index (χ4n) is 5.59. The van der Waals surface area contributed by atoms with Crippen molar-refractivity contribution >= 4 is 26.0 Å². The highest BCUT2D eigenvalue weighted by atomic mass is 28.3. The van der Waals surface area contributed by atoms with Crippen molar-refractivity contribution in [3.8, 4) is 11.1 Å². The smallest absolute Gasteiger partial charge is 0.407 e. The van der Waals surface area contributed by atoms with Crippen LogP contribution in [0.1, 0.15) is 44.5 Å². The number of carbonyl (C=O) groups is 3. The van der Waals surface area contributed by atoms with Crippen molar-refractivity contribution in [1.29, 1.82) is 0 Å². The molecule has 0 aliphatic carbocycles. The van der Waals surface area contributed by atoms with Crippen LogP contribution in [0, 0.1) is 17.0 Å². The molecule has 0 fully saturated rings. The maximum absolute atomic E-state index is 15.1. The molecule has 0 saturated heterocycles. The molecule has 268 valence electrons. The maximum atomic E-state index is 15.1. The molecular formula is C36H51F2N5O5Si. The molecule has 0 bridgehead atoms. The molecule has 0 radical (unpaired) electrons. The summed E-state index contributed by atoms with van der Waals surface area (Å²) in [6.07, 6.45) is 0.960. The highest BCUT2D eigenvalue weighted by Gasteiger charge is 2.38. The number of ether oxygens (including phenoxy) is 1. The number of nitrogens with one attached hydrogen (secondary N) is 2. The average molecular weight is 700 g/mol. The van der Waals surface area contributed by atoms with Crippen molar-refractivity contribution in [1.82, 2.24) is 20.1 Å². The average Bonchev–Trinajstić information content (AvgIpc) is 3.43. The van der Waals surface area contributed by atoms with Gasteiger partial charge < -0.3 is 35.7 Å². The molecular weight excluding hydrogens is 649 g/mol. The fraction of sp³-hybridized carbons (Fsp3) is 0.472. The largest absolute Gasteiger partial charge is 0.450 e. The van der Waals surface area contributed by atoms with Gasteiger partial charge >= 0.3 is 6.09 Å². The molecule has 3 rings (SSSR count). The van der Waals surface area contributed by atoms with Gasteiger partial charge in [-0.2, -0.15) is 0 Å². The van der Waals surface area contributed by atoms with Crippen LogP contribution in [0.15, 0.2) is 60.8 Å². The summed E-state index contributed by atoms with van der Waals surface area (Å²) in [5, 5.41) is 15.5. The Morgan fingerprint density at radius 2 is 1.76 bits per heavy atom. The van der Waals surface area contributed by atoms with Crippen LogP contribution in [-0.4, -0.2) is 79.4 Å². The summed E-state index contributed by atoms with van der Waals surface area (Å²) in [5.41, 5.74) is 6.96. The van der Waals surface area contributed by atoms with E-state index in [0.717, 1.165) is 29.8 Å². The summed E-state index contributed by atoms with van der Waals surface area (Å²) in [6, 6.07) is 13.5. The first kappa shape index (κ1) is 39.4. The number of aliphatic hydroxyl groups is 1. The number of alkyl carbamates (subject to hydrolysis) is 1. The Balaban J connectivity index is 2.05. The lowest BCUT2D eigenvalue weighted by Gasteiger charge is -2.41. The van der Waals surface area contributed by atoms with Crippen molar-refractivity contribution < 1.29 is 33.0 Å². The Bertz CT molecular complexity index is 1560. The van der Waals surface area contributed by atoms with E-state index in [2.05, 4.69) is 30.3 Å². The van der Waals surface area contributed by atoms with Gasteiger partial charge in [0.05, 0.1) is 12.6 Å². The zero-order valence-corrected chi connectivity index (χ0v) is 30.4. The minimum atomic E-state index is -1.48. The molecule has 10 nitrogen and oxygen atoms in total. The number of aliphatic hydroxyl groups excluding tert-OH is 1. The Morgan fingerprint density at radius 3 is 2.37 bits per heavy atom. The second kappa shape index (κ2) is 17.5. The predicted octanol–water partition coefficient (Wildman–Crippen LogP) is 5.29. The van der Waals surface area contributed by atoms with E-state index in [1.165, 1.54) is 4.90 Å². The van der Waals surface area contributed by atoms with E-state index in [1.54, 1.807) is 12.3 Å². The van der Waals surface area contributed by atoms with Crippen LogP contribution in [0.4, 0.5) is 13.6 Å². The lowest BCUT2D eigenvalue weighted by molar-refractivity contribution is -0.140. The van der Waals surface area contributed by atoms with Crippen molar-refractivity contribution in [3.63, 3.8) is 0 Å². The molecule has 2 aromatic carbocycles. The van der Waals surface area contributed by atoms with Crippen LogP contribution in [0.2, 0.25) is 25.7 Å².